The Morgan fingerprint density at radius 3 is 2.27 bits per heavy atom. The molecule has 3 aromatic rings. The number of aryl methyl sites for hydroxylation is 1. The van der Waals surface area contributed by atoms with Crippen LogP contribution in [0.25, 0.3) is 10.4 Å². The molecule has 1 aromatic heterocycles. The summed E-state index contributed by atoms with van der Waals surface area (Å²) in [6.07, 6.45) is 2.02. The largest absolute Gasteiger partial charge is 0.347 e. The second-order valence-electron chi connectivity index (χ2n) is 7.74. The molecule has 2 aliphatic rings. The highest BCUT2D eigenvalue weighted by molar-refractivity contribution is 7.85. The number of rotatable bonds is 3. The maximum Gasteiger partial charge on any atom is 0.294 e. The molecular weight excluding hydrogens is 418 g/mol. The normalized spacial score (nSPS) is 20.5. The van der Waals surface area contributed by atoms with Gasteiger partial charge in [-0.1, -0.05) is 59.4 Å². The Hall–Kier alpha value is -2.26. The highest BCUT2D eigenvalue weighted by Crippen LogP contribution is 2.35. The zero-order valence-corrected chi connectivity index (χ0v) is 18.4. The fourth-order valence-corrected chi connectivity index (χ4v) is 5.29. The predicted molar refractivity (Wildman–Crippen MR) is 121 cm³/mol. The van der Waals surface area contributed by atoms with Crippen LogP contribution in [0.3, 0.4) is 0 Å². The molecule has 6 nitrogen and oxygen atoms in total. The molecule has 8 heteroatoms. The van der Waals surface area contributed by atoms with E-state index in [1.807, 2.05) is 24.5 Å². The molecule has 3 heterocycles. The molecule has 2 unspecified atom stereocenters. The average Bonchev–Trinajstić information content (AvgIpc) is 3.45. The highest BCUT2D eigenvalue weighted by atomic mass is 32.2. The highest BCUT2D eigenvalue weighted by Gasteiger charge is 2.37. The Bertz CT molecular complexity index is 1070. The van der Waals surface area contributed by atoms with Crippen molar-refractivity contribution in [2.45, 2.75) is 11.8 Å². The van der Waals surface area contributed by atoms with E-state index in [1.54, 1.807) is 12.1 Å². The van der Waals surface area contributed by atoms with Gasteiger partial charge in [-0.25, -0.2) is 4.98 Å². The molecule has 0 amide bonds. The van der Waals surface area contributed by atoms with Crippen molar-refractivity contribution < 1.29 is 13.0 Å². The summed E-state index contributed by atoms with van der Waals surface area (Å²) < 4.78 is 29.6. The van der Waals surface area contributed by atoms with Gasteiger partial charge in [-0.15, -0.1) is 0 Å². The SMILES string of the molecule is Cc1ccc(S(=O)(=O)O)cc1.c1ccc(-c2cnc(N3CC4CNCC4C3)s2)cc1. The van der Waals surface area contributed by atoms with Crippen LogP contribution >= 0.6 is 11.3 Å². The van der Waals surface area contributed by atoms with Crippen molar-refractivity contribution in [1.29, 1.82) is 0 Å². The molecule has 0 bridgehead atoms. The fraction of sp³-hybridized carbons (Fsp3) is 0.318. The third-order valence-electron chi connectivity index (χ3n) is 5.53. The van der Waals surface area contributed by atoms with Gasteiger partial charge in [0.15, 0.2) is 5.13 Å². The average molecular weight is 444 g/mol. The summed E-state index contributed by atoms with van der Waals surface area (Å²) in [4.78, 5) is 8.29. The fourth-order valence-electron chi connectivity index (χ4n) is 3.87. The van der Waals surface area contributed by atoms with Crippen LogP contribution < -0.4 is 10.2 Å². The maximum absolute atomic E-state index is 10.5. The third kappa shape index (κ3) is 4.89. The van der Waals surface area contributed by atoms with Crippen LogP contribution in [0.2, 0.25) is 0 Å². The zero-order chi connectivity index (χ0) is 21.1. The van der Waals surface area contributed by atoms with Crippen molar-refractivity contribution >= 4 is 26.6 Å². The second kappa shape index (κ2) is 8.85. The van der Waals surface area contributed by atoms with E-state index in [2.05, 4.69) is 45.5 Å². The van der Waals surface area contributed by atoms with Crippen LogP contribution in [-0.2, 0) is 10.1 Å². The van der Waals surface area contributed by atoms with Gasteiger partial charge in [0, 0.05) is 32.4 Å². The minimum atomic E-state index is -4.02. The Kier molecular flexibility index (Phi) is 6.19. The van der Waals surface area contributed by atoms with Gasteiger partial charge in [0.2, 0.25) is 0 Å². The maximum atomic E-state index is 10.5. The van der Waals surface area contributed by atoms with Gasteiger partial charge in [-0.3, -0.25) is 4.55 Å². The van der Waals surface area contributed by atoms with Crippen LogP contribution in [0.4, 0.5) is 5.13 Å². The Morgan fingerprint density at radius 1 is 1.03 bits per heavy atom. The molecule has 0 saturated carbocycles. The van der Waals surface area contributed by atoms with Gasteiger partial charge in [0.1, 0.15) is 0 Å². The number of aromatic nitrogens is 1. The van der Waals surface area contributed by atoms with E-state index in [0.29, 0.717) is 0 Å². The lowest BCUT2D eigenvalue weighted by molar-refractivity contribution is 0.483. The topological polar surface area (TPSA) is 82.5 Å². The van der Waals surface area contributed by atoms with E-state index in [0.717, 1.165) is 17.4 Å². The molecule has 2 aromatic carbocycles. The first kappa shape index (κ1) is 21.0. The van der Waals surface area contributed by atoms with Crippen molar-refractivity contribution in [3.8, 4) is 10.4 Å². The van der Waals surface area contributed by atoms with Gasteiger partial charge in [0.05, 0.1) is 9.77 Å². The van der Waals surface area contributed by atoms with Crippen LogP contribution in [0, 0.1) is 18.8 Å². The van der Waals surface area contributed by atoms with E-state index in [1.165, 1.54) is 53.9 Å². The molecule has 2 fully saturated rings. The molecule has 2 saturated heterocycles. The van der Waals surface area contributed by atoms with Gasteiger partial charge in [0.25, 0.3) is 10.1 Å². The molecule has 2 atom stereocenters. The van der Waals surface area contributed by atoms with Crippen molar-refractivity contribution in [1.82, 2.24) is 10.3 Å². The van der Waals surface area contributed by atoms with Crippen LogP contribution in [0.5, 0.6) is 0 Å². The lowest BCUT2D eigenvalue weighted by Gasteiger charge is -2.15. The number of benzene rings is 2. The molecular formula is C22H25N3O3S2. The zero-order valence-electron chi connectivity index (χ0n) is 16.7. The number of fused-ring (bicyclic) bond motifs is 1. The van der Waals surface area contributed by atoms with Gasteiger partial charge in [-0.05, 0) is 36.5 Å². The summed E-state index contributed by atoms with van der Waals surface area (Å²) in [5, 5.41) is 4.67. The second-order valence-corrected chi connectivity index (χ2v) is 10.2. The van der Waals surface area contributed by atoms with Crippen LogP contribution in [0.1, 0.15) is 5.56 Å². The predicted octanol–water partition coefficient (Wildman–Crippen LogP) is 3.71. The van der Waals surface area contributed by atoms with Crippen molar-refractivity contribution in [3.63, 3.8) is 0 Å². The molecule has 158 valence electrons. The standard InChI is InChI=1S/C15H17N3S.C7H8O3S/c1-2-4-11(5-3-1)14-8-17-15(19-14)18-9-12-6-16-7-13(12)10-18;1-6-2-4-7(5-3-6)11(8,9)10/h1-5,8,12-13,16H,6-7,9-10H2;2-5H,1H3,(H,8,9,10). The number of nitrogens with zero attached hydrogens (tertiary/aromatic N) is 2. The number of hydrogen-bond acceptors (Lipinski definition) is 6. The Labute approximate surface area is 181 Å². The third-order valence-corrected chi connectivity index (χ3v) is 7.51. The van der Waals surface area contributed by atoms with Crippen molar-refractivity contribution in [3.05, 3.63) is 66.4 Å². The summed E-state index contributed by atoms with van der Waals surface area (Å²) >= 11 is 1.82. The molecule has 0 aliphatic carbocycles. The Balaban J connectivity index is 0.000000170. The number of hydrogen-bond donors (Lipinski definition) is 2. The van der Waals surface area contributed by atoms with Gasteiger partial charge < -0.3 is 10.2 Å². The molecule has 2 N–H and O–H groups in total. The first-order valence-electron chi connectivity index (χ1n) is 9.91. The molecule has 2 aliphatic heterocycles. The number of anilines is 1. The quantitative estimate of drug-likeness (QED) is 0.601. The van der Waals surface area contributed by atoms with Gasteiger partial charge >= 0.3 is 0 Å². The van der Waals surface area contributed by atoms with Crippen LogP contribution in [-0.4, -0.2) is 44.1 Å². The van der Waals surface area contributed by atoms with Crippen molar-refractivity contribution in [2.24, 2.45) is 11.8 Å². The number of nitrogens with one attached hydrogen (secondary N) is 1. The molecule has 0 radical (unpaired) electrons. The van der Waals surface area contributed by atoms with E-state index in [4.69, 9.17) is 4.55 Å². The molecule has 0 spiro atoms. The minimum Gasteiger partial charge on any atom is -0.347 e. The first-order valence-corrected chi connectivity index (χ1v) is 12.2. The molecule has 5 rings (SSSR count). The van der Waals surface area contributed by atoms with E-state index < -0.39 is 10.1 Å². The van der Waals surface area contributed by atoms with E-state index in [-0.39, 0.29) is 4.90 Å². The van der Waals surface area contributed by atoms with Gasteiger partial charge in [-0.2, -0.15) is 8.42 Å². The van der Waals surface area contributed by atoms with E-state index in [9.17, 15) is 8.42 Å². The Morgan fingerprint density at radius 2 is 1.67 bits per heavy atom. The van der Waals surface area contributed by atoms with Crippen molar-refractivity contribution in [2.75, 3.05) is 31.1 Å². The van der Waals surface area contributed by atoms with E-state index >= 15 is 0 Å². The minimum absolute atomic E-state index is 0.0666. The summed E-state index contributed by atoms with van der Waals surface area (Å²) in [5.74, 6) is 1.65. The summed E-state index contributed by atoms with van der Waals surface area (Å²) in [6.45, 7) is 6.53. The summed E-state index contributed by atoms with van der Waals surface area (Å²) in [7, 11) is -4.02. The monoisotopic (exact) mass is 443 g/mol. The summed E-state index contributed by atoms with van der Waals surface area (Å²) in [6, 6.07) is 16.5. The summed E-state index contributed by atoms with van der Waals surface area (Å²) in [5.41, 5.74) is 2.23. The number of thiazole rings is 1. The molecule has 30 heavy (non-hydrogen) atoms. The van der Waals surface area contributed by atoms with Crippen LogP contribution in [0.15, 0.2) is 65.7 Å². The first-order chi connectivity index (χ1) is 14.4. The lowest BCUT2D eigenvalue weighted by atomic mass is 10.0. The lowest BCUT2D eigenvalue weighted by Crippen LogP contribution is -2.25. The smallest absolute Gasteiger partial charge is 0.294 e.